The van der Waals surface area contributed by atoms with E-state index in [0.717, 1.165) is 24.2 Å². The Bertz CT molecular complexity index is 1190. The molecule has 188 valence electrons. The van der Waals surface area contributed by atoms with E-state index < -0.39 is 0 Å². The molecule has 1 aliphatic rings. The second-order valence-corrected chi connectivity index (χ2v) is 8.96. The van der Waals surface area contributed by atoms with Crippen LogP contribution < -0.4 is 19.1 Å². The van der Waals surface area contributed by atoms with Crippen molar-refractivity contribution in [3.63, 3.8) is 0 Å². The van der Waals surface area contributed by atoms with Gasteiger partial charge in [0.1, 0.15) is 6.61 Å². The molecule has 6 nitrogen and oxygen atoms in total. The lowest BCUT2D eigenvalue weighted by molar-refractivity contribution is -0.126. The Morgan fingerprint density at radius 3 is 2.17 bits per heavy atom. The quantitative estimate of drug-likeness (QED) is 0.407. The van der Waals surface area contributed by atoms with Gasteiger partial charge in [0.05, 0.1) is 14.2 Å². The second-order valence-electron chi connectivity index (χ2n) is 8.96. The Morgan fingerprint density at radius 2 is 1.56 bits per heavy atom. The second kappa shape index (κ2) is 11.7. The maximum Gasteiger partial charge on any atom is 0.246 e. The van der Waals surface area contributed by atoms with Crippen molar-refractivity contribution < 1.29 is 19.0 Å². The van der Waals surface area contributed by atoms with Crippen molar-refractivity contribution in [2.45, 2.75) is 20.5 Å². The van der Waals surface area contributed by atoms with E-state index in [0.29, 0.717) is 36.9 Å². The van der Waals surface area contributed by atoms with Gasteiger partial charge in [0.15, 0.2) is 11.5 Å². The van der Waals surface area contributed by atoms with Crippen molar-refractivity contribution in [3.05, 3.63) is 89.0 Å². The van der Waals surface area contributed by atoms with Gasteiger partial charge < -0.3 is 24.0 Å². The monoisotopic (exact) mass is 486 g/mol. The summed E-state index contributed by atoms with van der Waals surface area (Å²) in [6.07, 6.45) is 3.41. The normalized spacial score (nSPS) is 13.7. The molecular formula is C30H34N2O4. The molecule has 0 unspecified atom stereocenters. The third-order valence-corrected chi connectivity index (χ3v) is 6.41. The maximum absolute atomic E-state index is 12.9. The van der Waals surface area contributed by atoms with E-state index in [1.54, 1.807) is 26.4 Å². The van der Waals surface area contributed by atoms with E-state index in [9.17, 15) is 4.79 Å². The number of aryl methyl sites for hydroxylation is 2. The zero-order valence-electron chi connectivity index (χ0n) is 21.5. The van der Waals surface area contributed by atoms with Crippen LogP contribution in [0.15, 0.2) is 66.7 Å². The highest BCUT2D eigenvalue weighted by atomic mass is 16.5. The molecule has 3 aromatic rings. The summed E-state index contributed by atoms with van der Waals surface area (Å²) in [5.41, 5.74) is 5.64. The molecule has 0 atom stereocenters. The average molecular weight is 487 g/mol. The molecule has 1 amide bonds. The Kier molecular flexibility index (Phi) is 8.16. The average Bonchev–Trinajstić information content (AvgIpc) is 2.91. The molecular weight excluding hydrogens is 452 g/mol. The molecule has 1 heterocycles. The van der Waals surface area contributed by atoms with Crippen LogP contribution in [0.25, 0.3) is 6.08 Å². The van der Waals surface area contributed by atoms with Crippen LogP contribution in [-0.2, 0) is 11.4 Å². The Labute approximate surface area is 213 Å². The summed E-state index contributed by atoms with van der Waals surface area (Å²) >= 11 is 0. The number of anilines is 1. The molecule has 1 saturated heterocycles. The highest BCUT2D eigenvalue weighted by Crippen LogP contribution is 2.39. The molecule has 1 aliphatic heterocycles. The van der Waals surface area contributed by atoms with Crippen LogP contribution in [0, 0.1) is 13.8 Å². The van der Waals surface area contributed by atoms with Crippen molar-refractivity contribution in [1.29, 1.82) is 0 Å². The summed E-state index contributed by atoms with van der Waals surface area (Å²) in [4.78, 5) is 17.1. The van der Waals surface area contributed by atoms with Crippen molar-refractivity contribution in [2.24, 2.45) is 0 Å². The number of carbonyl (C=O) groups excluding carboxylic acids is 1. The zero-order chi connectivity index (χ0) is 25.5. The molecule has 3 aromatic carbocycles. The third kappa shape index (κ3) is 6.00. The zero-order valence-corrected chi connectivity index (χ0v) is 21.5. The highest BCUT2D eigenvalue weighted by Gasteiger charge is 2.21. The van der Waals surface area contributed by atoms with E-state index in [4.69, 9.17) is 14.2 Å². The number of rotatable bonds is 8. The fraction of sp³-hybridized carbons (Fsp3) is 0.300. The molecule has 0 radical (unpaired) electrons. The standard InChI is InChI=1S/C30H34N2O4/c1-22-10-12-26(23(2)18-22)31-14-16-32(17-15-31)29(33)13-11-25-19-27(34-3)30(28(20-25)35-4)36-21-24-8-6-5-7-9-24/h5-13,18-20H,14-17,21H2,1-4H3/b13-11+. The molecule has 6 heteroatoms. The number of carbonyl (C=O) groups is 1. The van der Waals surface area contributed by atoms with E-state index >= 15 is 0 Å². The number of hydrogen-bond donors (Lipinski definition) is 0. The van der Waals surface area contributed by atoms with Crippen molar-refractivity contribution in [3.8, 4) is 17.2 Å². The van der Waals surface area contributed by atoms with Gasteiger partial charge in [0.2, 0.25) is 11.7 Å². The minimum Gasteiger partial charge on any atom is -0.493 e. The Hall–Kier alpha value is -3.93. The van der Waals surface area contributed by atoms with E-state index in [-0.39, 0.29) is 5.91 Å². The third-order valence-electron chi connectivity index (χ3n) is 6.41. The molecule has 1 fully saturated rings. The predicted molar refractivity (Wildman–Crippen MR) is 144 cm³/mol. The molecule has 0 bridgehead atoms. The van der Waals surface area contributed by atoms with Crippen LogP contribution in [0.2, 0.25) is 0 Å². The number of piperazine rings is 1. The summed E-state index contributed by atoms with van der Waals surface area (Å²) < 4.78 is 17.2. The van der Waals surface area contributed by atoms with Crippen LogP contribution in [-0.4, -0.2) is 51.2 Å². The van der Waals surface area contributed by atoms with Crippen molar-refractivity contribution in [2.75, 3.05) is 45.3 Å². The summed E-state index contributed by atoms with van der Waals surface area (Å²) in [6, 6.07) is 20.2. The van der Waals surface area contributed by atoms with Gasteiger partial charge in [-0.2, -0.15) is 0 Å². The molecule has 0 aliphatic carbocycles. The predicted octanol–water partition coefficient (Wildman–Crippen LogP) is 5.26. The van der Waals surface area contributed by atoms with Gasteiger partial charge in [-0.1, -0.05) is 48.0 Å². The van der Waals surface area contributed by atoms with Crippen LogP contribution in [0.1, 0.15) is 22.3 Å². The molecule has 36 heavy (non-hydrogen) atoms. The minimum absolute atomic E-state index is 0.00221. The number of amides is 1. The van der Waals surface area contributed by atoms with Crippen LogP contribution in [0.4, 0.5) is 5.69 Å². The molecule has 0 aromatic heterocycles. The SMILES string of the molecule is COc1cc(/C=C/C(=O)N2CCN(c3ccc(C)cc3C)CC2)cc(OC)c1OCc1ccccc1. The van der Waals surface area contributed by atoms with Gasteiger partial charge in [0, 0.05) is 37.9 Å². The molecule has 0 saturated carbocycles. The number of ether oxygens (including phenoxy) is 3. The van der Waals surface area contributed by atoms with Crippen molar-refractivity contribution in [1.82, 2.24) is 4.90 Å². The van der Waals surface area contributed by atoms with Crippen LogP contribution in [0.3, 0.4) is 0 Å². The first kappa shape index (κ1) is 25.2. The van der Waals surface area contributed by atoms with Gasteiger partial charge >= 0.3 is 0 Å². The van der Waals surface area contributed by atoms with E-state index in [1.807, 2.05) is 47.4 Å². The minimum atomic E-state index is -0.00221. The largest absolute Gasteiger partial charge is 0.493 e. The Balaban J connectivity index is 1.40. The number of hydrogen-bond acceptors (Lipinski definition) is 5. The van der Waals surface area contributed by atoms with E-state index in [1.165, 1.54) is 16.8 Å². The van der Waals surface area contributed by atoms with Gasteiger partial charge in [-0.05, 0) is 54.8 Å². The summed E-state index contributed by atoms with van der Waals surface area (Å²) in [7, 11) is 3.19. The topological polar surface area (TPSA) is 51.2 Å². The fourth-order valence-electron chi connectivity index (χ4n) is 4.47. The lowest BCUT2D eigenvalue weighted by Crippen LogP contribution is -2.48. The summed E-state index contributed by atoms with van der Waals surface area (Å²) in [5, 5.41) is 0. The van der Waals surface area contributed by atoms with Crippen LogP contribution >= 0.6 is 0 Å². The highest BCUT2D eigenvalue weighted by molar-refractivity contribution is 5.92. The van der Waals surface area contributed by atoms with Gasteiger partial charge in [-0.25, -0.2) is 0 Å². The summed E-state index contributed by atoms with van der Waals surface area (Å²) in [6.45, 7) is 7.66. The fourth-order valence-corrected chi connectivity index (χ4v) is 4.47. The number of benzene rings is 3. The van der Waals surface area contributed by atoms with Gasteiger partial charge in [-0.3, -0.25) is 4.79 Å². The first-order valence-corrected chi connectivity index (χ1v) is 12.2. The van der Waals surface area contributed by atoms with Gasteiger partial charge in [-0.15, -0.1) is 0 Å². The lowest BCUT2D eigenvalue weighted by atomic mass is 10.1. The van der Waals surface area contributed by atoms with Crippen molar-refractivity contribution >= 4 is 17.7 Å². The van der Waals surface area contributed by atoms with Crippen LogP contribution in [0.5, 0.6) is 17.2 Å². The molecule has 4 rings (SSSR count). The maximum atomic E-state index is 12.9. The smallest absolute Gasteiger partial charge is 0.246 e. The van der Waals surface area contributed by atoms with E-state index in [2.05, 4.69) is 36.9 Å². The summed E-state index contributed by atoms with van der Waals surface area (Å²) in [5.74, 6) is 1.64. The Morgan fingerprint density at radius 1 is 0.889 bits per heavy atom. The first-order valence-electron chi connectivity index (χ1n) is 12.2. The molecule has 0 N–H and O–H groups in total. The first-order chi connectivity index (χ1) is 17.5. The number of methoxy groups -OCH3 is 2. The van der Waals surface area contributed by atoms with Gasteiger partial charge in [0.25, 0.3) is 0 Å². The lowest BCUT2D eigenvalue weighted by Gasteiger charge is -2.36. The molecule has 0 spiro atoms. The number of nitrogens with zero attached hydrogens (tertiary/aromatic N) is 2.